The summed E-state index contributed by atoms with van der Waals surface area (Å²) in [6.07, 6.45) is 5.57. The predicted octanol–water partition coefficient (Wildman–Crippen LogP) is 3.84. The van der Waals surface area contributed by atoms with Crippen molar-refractivity contribution < 1.29 is 9.13 Å². The Morgan fingerprint density at radius 2 is 2.00 bits per heavy atom. The molecule has 1 aliphatic rings. The molecule has 0 saturated heterocycles. The molecule has 0 unspecified atom stereocenters. The smallest absolute Gasteiger partial charge is 0.219 e. The number of guanidine groups is 1. The lowest BCUT2D eigenvalue weighted by Crippen LogP contribution is -2.37. The second-order valence-corrected chi connectivity index (χ2v) is 5.94. The van der Waals surface area contributed by atoms with E-state index < -0.39 is 0 Å². The van der Waals surface area contributed by atoms with E-state index in [1.54, 1.807) is 24.4 Å². The van der Waals surface area contributed by atoms with Crippen LogP contribution in [0.4, 0.5) is 4.39 Å². The number of benzene rings is 1. The van der Waals surface area contributed by atoms with E-state index in [-0.39, 0.29) is 29.8 Å². The van der Waals surface area contributed by atoms with E-state index >= 15 is 0 Å². The van der Waals surface area contributed by atoms with Crippen molar-refractivity contribution in [1.29, 1.82) is 0 Å². The highest BCUT2D eigenvalue weighted by molar-refractivity contribution is 14.0. The molecule has 134 valence electrons. The van der Waals surface area contributed by atoms with Crippen LogP contribution < -0.4 is 15.8 Å². The first-order valence-electron chi connectivity index (χ1n) is 8.11. The minimum atomic E-state index is -0.299. The molecule has 1 heterocycles. The summed E-state index contributed by atoms with van der Waals surface area (Å²) in [6.45, 7) is 1.37. The third-order valence-corrected chi connectivity index (χ3v) is 4.06. The second kappa shape index (κ2) is 9.55. The van der Waals surface area contributed by atoms with E-state index in [9.17, 15) is 4.39 Å². The van der Waals surface area contributed by atoms with Crippen LogP contribution in [0.3, 0.4) is 0 Å². The normalized spacial score (nSPS) is 14.4. The van der Waals surface area contributed by atoms with Gasteiger partial charge in [0.2, 0.25) is 5.88 Å². The number of aromatic nitrogens is 1. The summed E-state index contributed by atoms with van der Waals surface area (Å²) < 4.78 is 18.4. The third kappa shape index (κ3) is 6.15. The lowest BCUT2D eigenvalue weighted by molar-refractivity contribution is 0.315. The first-order chi connectivity index (χ1) is 11.7. The summed E-state index contributed by atoms with van der Waals surface area (Å²) in [4.78, 5) is 8.53. The number of hydrogen-bond donors (Lipinski definition) is 2. The van der Waals surface area contributed by atoms with Crippen molar-refractivity contribution in [2.24, 2.45) is 16.6 Å². The molecule has 1 aliphatic carbocycles. The molecule has 5 nitrogen and oxygen atoms in total. The highest BCUT2D eigenvalue weighted by Gasteiger charge is 2.16. The molecular weight excluding hydrogens is 434 g/mol. The van der Waals surface area contributed by atoms with Crippen LogP contribution in [-0.2, 0) is 6.54 Å². The highest BCUT2D eigenvalue weighted by atomic mass is 127. The second-order valence-electron chi connectivity index (χ2n) is 5.94. The Balaban J connectivity index is 0.00000225. The molecule has 1 saturated carbocycles. The van der Waals surface area contributed by atoms with Gasteiger partial charge >= 0.3 is 0 Å². The topological polar surface area (TPSA) is 72.5 Å². The van der Waals surface area contributed by atoms with Crippen molar-refractivity contribution in [3.8, 4) is 11.6 Å². The van der Waals surface area contributed by atoms with Gasteiger partial charge in [-0.15, -0.1) is 24.0 Å². The van der Waals surface area contributed by atoms with Crippen molar-refractivity contribution in [3.05, 3.63) is 54.0 Å². The van der Waals surface area contributed by atoms with E-state index in [1.165, 1.54) is 31.4 Å². The van der Waals surface area contributed by atoms with Crippen molar-refractivity contribution in [2.45, 2.75) is 25.8 Å². The minimum Gasteiger partial charge on any atom is -0.439 e. The largest absolute Gasteiger partial charge is 0.439 e. The number of ether oxygens (including phenoxy) is 1. The molecule has 0 radical (unpaired) electrons. The van der Waals surface area contributed by atoms with Crippen molar-refractivity contribution in [2.75, 3.05) is 6.54 Å². The fourth-order valence-electron chi connectivity index (χ4n) is 2.37. The maximum absolute atomic E-state index is 12.9. The molecule has 2 aromatic rings. The van der Waals surface area contributed by atoms with E-state index in [2.05, 4.69) is 15.3 Å². The van der Waals surface area contributed by atoms with E-state index in [0.717, 1.165) is 18.0 Å². The van der Waals surface area contributed by atoms with Crippen LogP contribution in [0.15, 0.2) is 47.6 Å². The van der Waals surface area contributed by atoms with Crippen LogP contribution in [0, 0.1) is 11.7 Å². The molecule has 0 aliphatic heterocycles. The van der Waals surface area contributed by atoms with Crippen LogP contribution in [0.5, 0.6) is 11.6 Å². The monoisotopic (exact) mass is 456 g/mol. The van der Waals surface area contributed by atoms with E-state index in [1.807, 2.05) is 6.07 Å². The Morgan fingerprint density at radius 3 is 2.60 bits per heavy atom. The molecule has 1 aromatic heterocycles. The maximum Gasteiger partial charge on any atom is 0.219 e. The maximum atomic E-state index is 12.9. The zero-order valence-electron chi connectivity index (χ0n) is 13.8. The molecule has 3 rings (SSSR count). The molecule has 0 spiro atoms. The Morgan fingerprint density at radius 1 is 1.24 bits per heavy atom. The van der Waals surface area contributed by atoms with Crippen LogP contribution in [0.2, 0.25) is 0 Å². The van der Waals surface area contributed by atoms with Crippen LogP contribution >= 0.6 is 24.0 Å². The first kappa shape index (κ1) is 19.4. The van der Waals surface area contributed by atoms with Crippen LogP contribution in [0.1, 0.15) is 24.8 Å². The van der Waals surface area contributed by atoms with Gasteiger partial charge in [-0.05, 0) is 48.6 Å². The summed E-state index contributed by atoms with van der Waals surface area (Å²) >= 11 is 0. The lowest BCUT2D eigenvalue weighted by atomic mass is 9.85. The number of nitrogens with two attached hydrogens (primary N) is 1. The molecule has 0 atom stereocenters. The lowest BCUT2D eigenvalue weighted by Gasteiger charge is -2.25. The standard InChI is InChI=1S/C18H21FN4O.HI/c19-15-5-7-16(8-6-15)24-17-9-4-14(11-21-17)12-23-18(20)22-10-13-2-1-3-13;/h4-9,11,13H,1-3,10,12H2,(H3,20,22,23);1H. The van der Waals surface area contributed by atoms with Crippen LogP contribution in [-0.4, -0.2) is 17.5 Å². The van der Waals surface area contributed by atoms with Gasteiger partial charge in [-0.3, -0.25) is 0 Å². The zero-order valence-corrected chi connectivity index (χ0v) is 16.2. The van der Waals surface area contributed by atoms with Gasteiger partial charge in [0, 0.05) is 18.8 Å². The van der Waals surface area contributed by atoms with Gasteiger partial charge in [-0.1, -0.05) is 12.5 Å². The summed E-state index contributed by atoms with van der Waals surface area (Å²) in [7, 11) is 0. The number of nitrogens with one attached hydrogen (secondary N) is 1. The quantitative estimate of drug-likeness (QED) is 0.394. The SMILES string of the molecule is I.NC(=NCc1ccc(Oc2ccc(F)cc2)nc1)NCC1CCC1. The van der Waals surface area contributed by atoms with Gasteiger partial charge in [-0.2, -0.15) is 0 Å². The van der Waals surface area contributed by atoms with Gasteiger partial charge in [0.25, 0.3) is 0 Å². The molecule has 0 amide bonds. The molecule has 1 aromatic carbocycles. The Hall–Kier alpha value is -1.90. The summed E-state index contributed by atoms with van der Waals surface area (Å²) in [5.41, 5.74) is 6.80. The molecule has 7 heteroatoms. The van der Waals surface area contributed by atoms with Crippen LogP contribution in [0.25, 0.3) is 0 Å². The summed E-state index contributed by atoms with van der Waals surface area (Å²) in [5, 5.41) is 3.16. The zero-order chi connectivity index (χ0) is 16.8. The molecular formula is C18H22FIN4O. The number of rotatable bonds is 6. The number of pyridine rings is 1. The average molecular weight is 456 g/mol. The van der Waals surface area contributed by atoms with Crippen molar-refractivity contribution in [1.82, 2.24) is 10.3 Å². The number of aliphatic imine (C=N–C) groups is 1. The number of nitrogens with zero attached hydrogens (tertiary/aromatic N) is 2. The summed E-state index contributed by atoms with van der Waals surface area (Å²) in [6, 6.07) is 9.45. The fraction of sp³-hybridized carbons (Fsp3) is 0.333. The molecule has 1 fully saturated rings. The fourth-order valence-corrected chi connectivity index (χ4v) is 2.37. The first-order valence-corrected chi connectivity index (χ1v) is 8.11. The van der Waals surface area contributed by atoms with E-state index in [0.29, 0.717) is 24.1 Å². The number of hydrogen-bond acceptors (Lipinski definition) is 3. The number of halogens is 2. The Kier molecular flexibility index (Phi) is 7.42. The van der Waals surface area contributed by atoms with Gasteiger partial charge in [0.05, 0.1) is 6.54 Å². The van der Waals surface area contributed by atoms with Gasteiger partial charge in [0.1, 0.15) is 11.6 Å². The van der Waals surface area contributed by atoms with E-state index in [4.69, 9.17) is 10.5 Å². The minimum absolute atomic E-state index is 0. The van der Waals surface area contributed by atoms with Gasteiger partial charge in [0.15, 0.2) is 5.96 Å². The third-order valence-electron chi connectivity index (χ3n) is 4.06. The van der Waals surface area contributed by atoms with Gasteiger partial charge in [-0.25, -0.2) is 14.4 Å². The van der Waals surface area contributed by atoms with Crippen molar-refractivity contribution in [3.63, 3.8) is 0 Å². The van der Waals surface area contributed by atoms with Crippen molar-refractivity contribution >= 4 is 29.9 Å². The molecule has 25 heavy (non-hydrogen) atoms. The summed E-state index contributed by atoms with van der Waals surface area (Å²) in [5.74, 6) is 1.90. The highest BCUT2D eigenvalue weighted by Crippen LogP contribution is 2.25. The molecule has 3 N–H and O–H groups in total. The Labute approximate surface area is 163 Å². The Bertz CT molecular complexity index is 687. The molecule has 0 bridgehead atoms. The average Bonchev–Trinajstić information content (AvgIpc) is 2.55. The predicted molar refractivity (Wildman–Crippen MR) is 107 cm³/mol. The van der Waals surface area contributed by atoms with Gasteiger partial charge < -0.3 is 15.8 Å².